The van der Waals surface area contributed by atoms with E-state index in [0.717, 1.165) is 57.8 Å². The van der Waals surface area contributed by atoms with Gasteiger partial charge in [-0.05, 0) is 104 Å². The van der Waals surface area contributed by atoms with Gasteiger partial charge in [-0.1, -0.05) is 48.5 Å². The van der Waals surface area contributed by atoms with Gasteiger partial charge in [0.05, 0.1) is 50.8 Å². The first-order chi connectivity index (χ1) is 34.2. The molecule has 10 rings (SSSR count). The summed E-state index contributed by atoms with van der Waals surface area (Å²) in [5, 5.41) is 131. The predicted octanol–water partition coefficient (Wildman–Crippen LogP) is -1.07. The summed E-state index contributed by atoms with van der Waals surface area (Å²) in [5.41, 5.74) is -1.30. The first-order valence-electron chi connectivity index (χ1n) is 27.1. The van der Waals surface area contributed by atoms with E-state index in [1.165, 1.54) is 0 Å². The molecule has 10 fully saturated rings. The lowest BCUT2D eigenvalue weighted by Gasteiger charge is -2.75. The number of ether oxygens (including phenoxy) is 9. The summed E-state index contributed by atoms with van der Waals surface area (Å²) in [6, 6.07) is 0. The van der Waals surface area contributed by atoms with E-state index in [4.69, 9.17) is 42.6 Å². The summed E-state index contributed by atoms with van der Waals surface area (Å²) in [7, 11) is 0. The SMILES string of the molecule is CC1(C)CC[C@]23CO[C@@]4(CC[C@@H]5[C@@]6(C)CC[C@H](O[C@@H]7OC[C@H](O[C@@H]8O[C@H](CO)[C@@H](O)[C@H](O)[C@H]8O[C@@H]8OC[C@@H](O)[C@H](O)[C@H]8O)[C@H](O)[C@H]7O[C@@H]7O[C@H](CO)[C@@H](O)[C@H](O)[C@H]7O)C(C)(C)[C@@H]6CC[C@@]5(C)[C@]4(C)C[C@H]2O)[C@@H]3C1. The van der Waals surface area contributed by atoms with E-state index in [1.54, 1.807) is 0 Å². The Hall–Kier alpha value is -0.840. The number of hydrogen-bond donors (Lipinski definition) is 12. The Kier molecular flexibility index (Phi) is 14.8. The Morgan fingerprint density at radius 3 is 1.82 bits per heavy atom. The molecule has 0 unspecified atom stereocenters. The average Bonchev–Trinajstić information content (AvgIpc) is 3.62. The van der Waals surface area contributed by atoms with Gasteiger partial charge < -0.3 is 104 Å². The molecule has 0 radical (unpaired) electrons. The van der Waals surface area contributed by atoms with Gasteiger partial charge in [-0.2, -0.15) is 0 Å². The lowest BCUT2D eigenvalue weighted by Crippen LogP contribution is -2.74. The molecule has 0 amide bonds. The Morgan fingerprint density at radius 1 is 0.507 bits per heavy atom. The van der Waals surface area contributed by atoms with Crippen LogP contribution in [0.2, 0.25) is 0 Å². The van der Waals surface area contributed by atoms with Gasteiger partial charge in [-0.15, -0.1) is 0 Å². The Morgan fingerprint density at radius 2 is 1.12 bits per heavy atom. The van der Waals surface area contributed by atoms with Crippen molar-refractivity contribution >= 4 is 0 Å². The topological polar surface area (TPSA) is 326 Å². The largest absolute Gasteiger partial charge is 0.394 e. The van der Waals surface area contributed by atoms with Gasteiger partial charge >= 0.3 is 0 Å². The Labute approximate surface area is 427 Å². The van der Waals surface area contributed by atoms with Gasteiger partial charge in [0, 0.05) is 10.8 Å². The molecule has 21 nitrogen and oxygen atoms in total. The molecule has 5 saturated heterocycles. The van der Waals surface area contributed by atoms with E-state index in [-0.39, 0.29) is 38.6 Å². The highest BCUT2D eigenvalue weighted by atomic mass is 16.8. The smallest absolute Gasteiger partial charge is 0.187 e. The number of aliphatic hydroxyl groups excluding tert-OH is 12. The minimum absolute atomic E-state index is 0.122. The number of fused-ring (bicyclic) bond motifs is 4. The van der Waals surface area contributed by atoms with Crippen LogP contribution in [0.25, 0.3) is 0 Å². The third-order valence-electron chi connectivity index (χ3n) is 21.9. The van der Waals surface area contributed by atoms with Crippen LogP contribution in [0.1, 0.15) is 113 Å². The number of rotatable bonds is 10. The van der Waals surface area contributed by atoms with E-state index in [1.807, 2.05) is 0 Å². The molecule has 73 heavy (non-hydrogen) atoms. The first-order valence-corrected chi connectivity index (χ1v) is 27.1. The second-order valence-corrected chi connectivity index (χ2v) is 26.2. The van der Waals surface area contributed by atoms with Gasteiger partial charge in [0.1, 0.15) is 85.5 Å². The summed E-state index contributed by atoms with van der Waals surface area (Å²) >= 11 is 0. The number of aliphatic hydroxyl groups is 12. The average molecular weight is 1050 g/mol. The fourth-order valence-corrected chi connectivity index (χ4v) is 17.4. The minimum Gasteiger partial charge on any atom is -0.394 e. The maximum Gasteiger partial charge on any atom is 0.187 e. The van der Waals surface area contributed by atoms with Crippen LogP contribution in [0.3, 0.4) is 0 Å². The lowest BCUT2D eigenvalue weighted by molar-refractivity contribution is -0.392. The standard InChI is InChI=1S/C52H86O21/c1-46(2)14-15-51-22-67-52(29(51)16-46)13-9-28-48(5)11-10-31(47(3,4)27(48)8-12-49(28,6)50(52,7)17-30(51)56)71-44-40(73-43-39(64)36(61)33(58)24(18-53)68-43)35(60)26(21-66-44)70-45-41(37(62)34(59)25(19-54)69-45)72-42-38(63)32(57)23(55)20-65-42/h23-45,53-64H,8-22H2,1-7H3/t23-,24-,25-,26+,27+,28-,29-,30-,31+,32+,33-,34-,35+,36+,37+,38-,39-,40-,41-,42+,43+,44+,45+,48+,49-,50+,51-,52+/m1/s1. The van der Waals surface area contributed by atoms with Crippen molar-refractivity contribution in [3.63, 3.8) is 0 Å². The van der Waals surface area contributed by atoms with E-state index in [2.05, 4.69) is 48.5 Å². The fourth-order valence-electron chi connectivity index (χ4n) is 17.4. The quantitative estimate of drug-likeness (QED) is 0.116. The van der Waals surface area contributed by atoms with E-state index >= 15 is 0 Å². The van der Waals surface area contributed by atoms with Crippen LogP contribution >= 0.6 is 0 Å². The molecule has 5 aliphatic heterocycles. The van der Waals surface area contributed by atoms with Crippen LogP contribution in [0.15, 0.2) is 0 Å². The van der Waals surface area contributed by atoms with Gasteiger partial charge in [0.15, 0.2) is 25.2 Å². The highest BCUT2D eigenvalue weighted by Gasteiger charge is 2.80. The lowest BCUT2D eigenvalue weighted by atomic mass is 9.30. The molecule has 5 heterocycles. The van der Waals surface area contributed by atoms with Crippen molar-refractivity contribution in [2.45, 2.75) is 241 Å². The van der Waals surface area contributed by atoms with Gasteiger partial charge in [-0.3, -0.25) is 0 Å². The van der Waals surface area contributed by atoms with Crippen LogP contribution in [0, 0.1) is 50.2 Å². The van der Waals surface area contributed by atoms with Crippen molar-refractivity contribution in [2.75, 3.05) is 33.0 Å². The van der Waals surface area contributed by atoms with E-state index in [9.17, 15) is 61.3 Å². The molecule has 21 heteroatoms. The van der Waals surface area contributed by atoms with Gasteiger partial charge in [0.25, 0.3) is 0 Å². The van der Waals surface area contributed by atoms with Gasteiger partial charge in [0.2, 0.25) is 0 Å². The van der Waals surface area contributed by atoms with Crippen molar-refractivity contribution in [1.29, 1.82) is 0 Å². The van der Waals surface area contributed by atoms with Crippen LogP contribution in [-0.2, 0) is 42.6 Å². The summed E-state index contributed by atoms with van der Waals surface area (Å²) in [4.78, 5) is 0. The van der Waals surface area contributed by atoms with Crippen LogP contribution in [0.4, 0.5) is 0 Å². The maximum absolute atomic E-state index is 12.4. The molecule has 0 aromatic heterocycles. The summed E-state index contributed by atoms with van der Waals surface area (Å²) in [5.74, 6) is 0.799. The maximum atomic E-state index is 12.4. The zero-order valence-corrected chi connectivity index (χ0v) is 43.4. The molecule has 2 bridgehead atoms. The molecular weight excluding hydrogens is 961 g/mol. The van der Waals surface area contributed by atoms with Crippen molar-refractivity contribution in [2.24, 2.45) is 50.2 Å². The summed E-state index contributed by atoms with van der Waals surface area (Å²) in [6.07, 6.45) is -21.4. The summed E-state index contributed by atoms with van der Waals surface area (Å²) in [6.45, 7) is 14.8. The first kappa shape index (κ1) is 55.5. The molecule has 1 spiro atoms. The highest BCUT2D eigenvalue weighted by molar-refractivity contribution is 5.28. The zero-order valence-electron chi connectivity index (χ0n) is 43.4. The van der Waals surface area contributed by atoms with Crippen molar-refractivity contribution in [3.05, 3.63) is 0 Å². The van der Waals surface area contributed by atoms with Crippen LogP contribution < -0.4 is 0 Å². The molecule has 0 aromatic carbocycles. The predicted molar refractivity (Wildman–Crippen MR) is 250 cm³/mol. The highest BCUT2D eigenvalue weighted by Crippen LogP contribution is 2.80. The molecule has 10 aliphatic rings. The van der Waals surface area contributed by atoms with Crippen molar-refractivity contribution < 1.29 is 104 Å². The van der Waals surface area contributed by atoms with E-state index < -0.39 is 155 Å². The normalized spacial score (nSPS) is 57.5. The minimum atomic E-state index is -1.87. The molecule has 420 valence electrons. The third-order valence-corrected chi connectivity index (χ3v) is 21.9. The monoisotopic (exact) mass is 1050 g/mol. The van der Waals surface area contributed by atoms with Crippen molar-refractivity contribution in [3.8, 4) is 0 Å². The summed E-state index contributed by atoms with van der Waals surface area (Å²) < 4.78 is 56.0. The second kappa shape index (κ2) is 19.5. The fraction of sp³-hybridized carbons (Fsp3) is 1.00. The van der Waals surface area contributed by atoms with Crippen molar-refractivity contribution in [1.82, 2.24) is 0 Å². The Bertz CT molecular complexity index is 1960. The zero-order chi connectivity index (χ0) is 52.7. The molecular formula is C52H86O21. The van der Waals surface area contributed by atoms with Crippen LogP contribution in [-0.4, -0.2) is 223 Å². The molecule has 12 N–H and O–H groups in total. The van der Waals surface area contributed by atoms with Crippen LogP contribution in [0.5, 0.6) is 0 Å². The molecule has 28 atom stereocenters. The molecule has 0 aromatic rings. The Balaban J connectivity index is 0.900. The molecule has 5 saturated carbocycles. The second-order valence-electron chi connectivity index (χ2n) is 26.2. The van der Waals surface area contributed by atoms with Gasteiger partial charge in [-0.25, -0.2) is 0 Å². The number of hydrogen-bond acceptors (Lipinski definition) is 21. The molecule has 5 aliphatic carbocycles. The van der Waals surface area contributed by atoms with E-state index in [0.29, 0.717) is 24.9 Å². The third kappa shape index (κ3) is 8.41.